The number of urea groups is 1. The number of rotatable bonds is 7. The van der Waals surface area contributed by atoms with Gasteiger partial charge in [-0.2, -0.15) is 0 Å². The van der Waals surface area contributed by atoms with E-state index in [0.29, 0.717) is 0 Å². The van der Waals surface area contributed by atoms with Crippen LogP contribution in [0, 0.1) is 0 Å². The van der Waals surface area contributed by atoms with Crippen LogP contribution in [0.1, 0.15) is 27.0 Å². The molecule has 0 spiro atoms. The Labute approximate surface area is 241 Å². The third kappa shape index (κ3) is 6.53. The molecule has 14 nitrogen and oxygen atoms in total. The van der Waals surface area contributed by atoms with Crippen molar-refractivity contribution in [1.82, 2.24) is 19.5 Å². The zero-order chi connectivity index (χ0) is 29.1. The molecule has 0 aliphatic carbocycles. The molecule has 4 atom stereocenters. The molecule has 17 heteroatoms. The standard InChI is InChI=1S/C23H21Cl3N6O8/c1-9(33)37-6-16-18(38-10(2)34)19(39-11(3)35)22(40-16)32-8-29-17-20(27-7-28-21(17)32)31-23(36)30-15-5-13(25)12(24)4-14(15)26/h4-5,7-8,16,18-19,22H,6H2,1-3H3,(H2,27,28,30,31,36)/t16-,18-,19-,22-/m1/s1. The minimum absolute atomic E-state index is 0.0208. The highest BCUT2D eigenvalue weighted by molar-refractivity contribution is 6.44. The summed E-state index contributed by atoms with van der Waals surface area (Å²) >= 11 is 18.1. The molecule has 3 aromatic rings. The maximum Gasteiger partial charge on any atom is 0.324 e. The number of benzene rings is 1. The van der Waals surface area contributed by atoms with Crippen molar-refractivity contribution in [3.05, 3.63) is 39.9 Å². The van der Waals surface area contributed by atoms with E-state index in [0.717, 1.165) is 6.33 Å². The van der Waals surface area contributed by atoms with Crippen LogP contribution in [-0.4, -0.2) is 68.4 Å². The summed E-state index contributed by atoms with van der Waals surface area (Å²) in [5.41, 5.74) is 0.522. The summed E-state index contributed by atoms with van der Waals surface area (Å²) in [6.45, 7) is 3.27. The molecule has 1 saturated heterocycles. The molecule has 2 amide bonds. The summed E-state index contributed by atoms with van der Waals surface area (Å²) in [5, 5.41) is 5.65. The van der Waals surface area contributed by atoms with Crippen molar-refractivity contribution in [1.29, 1.82) is 0 Å². The molecule has 2 N–H and O–H groups in total. The van der Waals surface area contributed by atoms with Crippen LogP contribution >= 0.6 is 34.8 Å². The van der Waals surface area contributed by atoms with E-state index < -0.39 is 48.5 Å². The maximum atomic E-state index is 12.7. The van der Waals surface area contributed by atoms with Crippen LogP contribution in [0.4, 0.5) is 16.3 Å². The Bertz CT molecular complexity index is 1480. The quantitative estimate of drug-likeness (QED) is 0.225. The van der Waals surface area contributed by atoms with Crippen molar-refractivity contribution in [2.24, 2.45) is 0 Å². The van der Waals surface area contributed by atoms with Crippen molar-refractivity contribution < 1.29 is 38.1 Å². The molecule has 4 rings (SSSR count). The minimum Gasteiger partial charge on any atom is -0.463 e. The first kappa shape index (κ1) is 29.3. The smallest absolute Gasteiger partial charge is 0.324 e. The number of nitrogens with one attached hydrogen (secondary N) is 2. The van der Waals surface area contributed by atoms with Gasteiger partial charge in [0.05, 0.1) is 27.1 Å². The number of carbonyl (C=O) groups excluding carboxylic acids is 4. The van der Waals surface area contributed by atoms with Crippen LogP contribution in [-0.2, 0) is 33.3 Å². The fourth-order valence-corrected chi connectivity index (χ4v) is 4.52. The molecule has 0 radical (unpaired) electrons. The number of hydrogen-bond acceptors (Lipinski definition) is 11. The van der Waals surface area contributed by atoms with Crippen LogP contribution in [0.5, 0.6) is 0 Å². The van der Waals surface area contributed by atoms with Gasteiger partial charge in [0.2, 0.25) is 0 Å². The lowest BCUT2D eigenvalue weighted by Crippen LogP contribution is -2.40. The van der Waals surface area contributed by atoms with Gasteiger partial charge in [0, 0.05) is 20.8 Å². The van der Waals surface area contributed by atoms with Crippen LogP contribution in [0.25, 0.3) is 11.2 Å². The zero-order valence-electron chi connectivity index (χ0n) is 21.0. The van der Waals surface area contributed by atoms with E-state index in [9.17, 15) is 19.2 Å². The second-order valence-corrected chi connectivity index (χ2v) is 9.61. The molecule has 1 aromatic carbocycles. The molecule has 0 bridgehead atoms. The highest BCUT2D eigenvalue weighted by atomic mass is 35.5. The van der Waals surface area contributed by atoms with E-state index in [1.165, 1.54) is 43.8 Å². The van der Waals surface area contributed by atoms with E-state index in [1.807, 2.05) is 0 Å². The maximum absolute atomic E-state index is 12.7. The van der Waals surface area contributed by atoms with Gasteiger partial charge >= 0.3 is 23.9 Å². The molecule has 1 fully saturated rings. The number of ether oxygens (including phenoxy) is 4. The summed E-state index contributed by atoms with van der Waals surface area (Å²) in [5.74, 6) is -1.92. The lowest BCUT2D eigenvalue weighted by Gasteiger charge is -2.23. The van der Waals surface area contributed by atoms with E-state index >= 15 is 0 Å². The number of imidazole rings is 1. The first-order valence-electron chi connectivity index (χ1n) is 11.5. The average molecular weight is 616 g/mol. The second kappa shape index (κ2) is 12.2. The van der Waals surface area contributed by atoms with E-state index in [2.05, 4.69) is 25.6 Å². The van der Waals surface area contributed by atoms with Crippen molar-refractivity contribution in [2.75, 3.05) is 17.2 Å². The predicted octanol–water partition coefficient (Wildman–Crippen LogP) is 3.75. The third-order valence-corrected chi connectivity index (χ3v) is 6.50. The van der Waals surface area contributed by atoms with Gasteiger partial charge in [0.25, 0.3) is 0 Å². The van der Waals surface area contributed by atoms with E-state index in [-0.39, 0.29) is 44.3 Å². The lowest BCUT2D eigenvalue weighted by atomic mass is 10.1. The van der Waals surface area contributed by atoms with Gasteiger partial charge in [-0.1, -0.05) is 34.8 Å². The highest BCUT2D eigenvalue weighted by Crippen LogP contribution is 2.37. The zero-order valence-corrected chi connectivity index (χ0v) is 23.3. The van der Waals surface area contributed by atoms with E-state index in [1.54, 1.807) is 0 Å². The van der Waals surface area contributed by atoms with Crippen molar-refractivity contribution >= 4 is 81.4 Å². The summed E-state index contributed by atoms with van der Waals surface area (Å²) in [6.07, 6.45) is -1.89. The molecule has 0 saturated carbocycles. The number of carbonyl (C=O) groups is 4. The third-order valence-electron chi connectivity index (χ3n) is 5.46. The van der Waals surface area contributed by atoms with Crippen LogP contribution in [0.15, 0.2) is 24.8 Å². The Morgan fingerprint density at radius 3 is 2.25 bits per heavy atom. The number of hydrogen-bond donors (Lipinski definition) is 2. The summed E-state index contributed by atoms with van der Waals surface area (Å²) in [7, 11) is 0. The summed E-state index contributed by atoms with van der Waals surface area (Å²) in [4.78, 5) is 60.4. The number of halogens is 3. The molecule has 2 aromatic heterocycles. The van der Waals surface area contributed by atoms with Crippen molar-refractivity contribution in [3.63, 3.8) is 0 Å². The van der Waals surface area contributed by atoms with Crippen LogP contribution in [0.2, 0.25) is 15.1 Å². The Hall–Kier alpha value is -3.72. The predicted molar refractivity (Wildman–Crippen MR) is 141 cm³/mol. The molecular weight excluding hydrogens is 595 g/mol. The second-order valence-electron chi connectivity index (χ2n) is 8.39. The topological polar surface area (TPSA) is 173 Å². The first-order valence-corrected chi connectivity index (χ1v) is 12.6. The number of amides is 2. The molecule has 1 aliphatic rings. The minimum atomic E-state index is -1.16. The molecule has 0 unspecified atom stereocenters. The van der Waals surface area contributed by atoms with E-state index in [4.69, 9.17) is 53.8 Å². The lowest BCUT2D eigenvalue weighted by molar-refractivity contribution is -0.166. The Morgan fingerprint density at radius 2 is 1.57 bits per heavy atom. The Kier molecular flexibility index (Phi) is 8.93. The normalized spacial score (nSPS) is 20.1. The number of esters is 3. The van der Waals surface area contributed by atoms with Crippen LogP contribution < -0.4 is 10.6 Å². The van der Waals surface area contributed by atoms with Crippen molar-refractivity contribution in [2.45, 2.75) is 45.3 Å². The van der Waals surface area contributed by atoms with Gasteiger partial charge in [0.15, 0.2) is 35.4 Å². The number of nitrogens with zero attached hydrogens (tertiary/aromatic N) is 4. The molecule has 212 valence electrons. The number of fused-ring (bicyclic) bond motifs is 1. The molecule has 40 heavy (non-hydrogen) atoms. The van der Waals surface area contributed by atoms with Gasteiger partial charge in [-0.05, 0) is 12.1 Å². The first-order chi connectivity index (χ1) is 18.9. The van der Waals surface area contributed by atoms with Gasteiger partial charge in [-0.25, -0.2) is 19.7 Å². The van der Waals surface area contributed by atoms with Crippen LogP contribution in [0.3, 0.4) is 0 Å². The van der Waals surface area contributed by atoms with Crippen molar-refractivity contribution in [3.8, 4) is 0 Å². The molecule has 3 heterocycles. The summed E-state index contributed by atoms with van der Waals surface area (Å²) in [6, 6.07) is 2.04. The molecule has 1 aliphatic heterocycles. The fourth-order valence-electron chi connectivity index (χ4n) is 3.93. The Morgan fingerprint density at radius 1 is 0.900 bits per heavy atom. The highest BCUT2D eigenvalue weighted by Gasteiger charge is 2.51. The van der Waals surface area contributed by atoms with Gasteiger partial charge in [-0.3, -0.25) is 24.3 Å². The number of aromatic nitrogens is 4. The van der Waals surface area contributed by atoms with Gasteiger partial charge in [0.1, 0.15) is 19.0 Å². The average Bonchev–Trinajstić information content (AvgIpc) is 3.43. The van der Waals surface area contributed by atoms with Gasteiger partial charge in [-0.15, -0.1) is 0 Å². The monoisotopic (exact) mass is 614 g/mol. The van der Waals surface area contributed by atoms with Gasteiger partial charge < -0.3 is 24.3 Å². The molecular formula is C23H21Cl3N6O8. The number of anilines is 2. The summed E-state index contributed by atoms with van der Waals surface area (Å²) < 4.78 is 23.3. The largest absolute Gasteiger partial charge is 0.463 e. The SMILES string of the molecule is CC(=O)OC[C@H]1O[C@@H](n2cnc3c(NC(=O)Nc4cc(Cl)c(Cl)cc4Cl)ncnc32)[C@H](OC(C)=O)[C@@H]1OC(C)=O. The fraction of sp³-hybridized carbons (Fsp3) is 0.348. The Balaban J connectivity index is 1.63.